The van der Waals surface area contributed by atoms with Gasteiger partial charge in [0.05, 0.1) is 4.92 Å². The van der Waals surface area contributed by atoms with Gasteiger partial charge in [0.1, 0.15) is 0 Å². The lowest BCUT2D eigenvalue weighted by atomic mass is 10.2. The Morgan fingerprint density at radius 2 is 2.19 bits per heavy atom. The van der Waals surface area contributed by atoms with E-state index < -0.39 is 4.92 Å². The van der Waals surface area contributed by atoms with E-state index in [9.17, 15) is 10.1 Å². The Morgan fingerprint density at radius 3 is 2.76 bits per heavy atom. The van der Waals surface area contributed by atoms with E-state index >= 15 is 0 Å². The summed E-state index contributed by atoms with van der Waals surface area (Å²) >= 11 is 0. The fourth-order valence-corrected chi connectivity index (χ4v) is 1.62. The number of nitro benzene ring substituents is 1. The third-order valence-electron chi connectivity index (χ3n) is 2.67. The third kappa shape index (κ3) is 3.24. The monoisotopic (exact) mass is 288 g/mol. The minimum atomic E-state index is -0.521. The maximum atomic E-state index is 11.0. The van der Waals surface area contributed by atoms with Crippen molar-refractivity contribution in [1.29, 1.82) is 0 Å². The van der Waals surface area contributed by atoms with Crippen molar-refractivity contribution in [2.24, 2.45) is 10.9 Å². The minimum Gasteiger partial charge on any atom is -0.432 e. The van der Waals surface area contributed by atoms with Crippen molar-refractivity contribution >= 4 is 11.5 Å². The number of benzene rings is 1. The lowest BCUT2D eigenvalue weighted by Gasteiger charge is -2.06. The van der Waals surface area contributed by atoms with Crippen LogP contribution in [0.2, 0.25) is 0 Å². The Bertz CT molecular complexity index is 698. The molecule has 108 valence electrons. The Morgan fingerprint density at radius 1 is 1.43 bits per heavy atom. The first kappa shape index (κ1) is 14.3. The number of oxime groups is 1. The molecule has 0 aliphatic heterocycles. The summed E-state index contributed by atoms with van der Waals surface area (Å²) in [5, 5.41) is 22.4. The van der Waals surface area contributed by atoms with Gasteiger partial charge in [-0.25, -0.2) is 4.98 Å². The molecule has 1 aromatic heterocycles. The summed E-state index contributed by atoms with van der Waals surface area (Å²) < 4.78 is 5.40. The standard InChI is InChI=1S/C13H12N4O4/c1-8-2-4-11(10(6-8)17(19)20)21-12-5-3-9(7-15-12)13(14)16-18/h2-7,18H,1H3,(H2,14,16). The molecule has 0 unspecified atom stereocenters. The minimum absolute atomic E-state index is 0.0876. The van der Waals surface area contributed by atoms with Crippen LogP contribution in [0, 0.1) is 17.0 Å². The van der Waals surface area contributed by atoms with Crippen molar-refractivity contribution < 1.29 is 14.9 Å². The Kier molecular flexibility index (Phi) is 3.98. The Hall–Kier alpha value is -3.16. The van der Waals surface area contributed by atoms with Gasteiger partial charge in [-0.2, -0.15) is 0 Å². The van der Waals surface area contributed by atoms with Crippen molar-refractivity contribution in [3.05, 3.63) is 57.8 Å². The number of nitrogens with two attached hydrogens (primary N) is 1. The normalized spacial score (nSPS) is 11.2. The number of amidine groups is 1. The number of ether oxygens (including phenoxy) is 1. The van der Waals surface area contributed by atoms with Gasteiger partial charge in [0.25, 0.3) is 0 Å². The van der Waals surface area contributed by atoms with Gasteiger partial charge in [-0.3, -0.25) is 10.1 Å². The van der Waals surface area contributed by atoms with Crippen LogP contribution in [0.1, 0.15) is 11.1 Å². The number of pyridine rings is 1. The molecule has 2 rings (SSSR count). The van der Waals surface area contributed by atoms with Gasteiger partial charge >= 0.3 is 5.69 Å². The SMILES string of the molecule is Cc1ccc(Oc2ccc(/C(N)=N/O)cn2)c([N+](=O)[O-])c1. The van der Waals surface area contributed by atoms with Gasteiger partial charge in [-0.15, -0.1) is 0 Å². The van der Waals surface area contributed by atoms with Crippen LogP contribution in [0.25, 0.3) is 0 Å². The van der Waals surface area contributed by atoms with Crippen LogP contribution in [-0.4, -0.2) is 21.0 Å². The second-order valence-electron chi connectivity index (χ2n) is 4.20. The van der Waals surface area contributed by atoms with Crippen LogP contribution < -0.4 is 10.5 Å². The largest absolute Gasteiger partial charge is 0.432 e. The number of aromatic nitrogens is 1. The van der Waals surface area contributed by atoms with Gasteiger partial charge in [0.15, 0.2) is 5.84 Å². The molecule has 0 amide bonds. The highest BCUT2D eigenvalue weighted by molar-refractivity contribution is 5.96. The van der Waals surface area contributed by atoms with E-state index in [1.165, 1.54) is 30.5 Å². The molecule has 2 aromatic rings. The molecular formula is C13H12N4O4. The summed E-state index contributed by atoms with van der Waals surface area (Å²) in [7, 11) is 0. The number of rotatable bonds is 4. The fourth-order valence-electron chi connectivity index (χ4n) is 1.62. The summed E-state index contributed by atoms with van der Waals surface area (Å²) in [5.41, 5.74) is 6.43. The highest BCUT2D eigenvalue weighted by Gasteiger charge is 2.16. The van der Waals surface area contributed by atoms with Crippen LogP contribution in [0.3, 0.4) is 0 Å². The molecule has 0 saturated heterocycles. The average molecular weight is 288 g/mol. The number of aryl methyl sites for hydroxylation is 1. The van der Waals surface area contributed by atoms with E-state index in [4.69, 9.17) is 15.7 Å². The Balaban J connectivity index is 2.28. The maximum absolute atomic E-state index is 11.0. The molecule has 0 radical (unpaired) electrons. The smallest absolute Gasteiger partial charge is 0.311 e. The first-order chi connectivity index (χ1) is 10.0. The summed E-state index contributed by atoms with van der Waals surface area (Å²) in [6.45, 7) is 1.75. The molecule has 0 atom stereocenters. The topological polar surface area (TPSA) is 124 Å². The molecule has 21 heavy (non-hydrogen) atoms. The molecule has 0 saturated carbocycles. The van der Waals surface area contributed by atoms with Crippen molar-refractivity contribution in [3.8, 4) is 11.6 Å². The van der Waals surface area contributed by atoms with Gasteiger partial charge in [-0.1, -0.05) is 11.2 Å². The van der Waals surface area contributed by atoms with Crippen molar-refractivity contribution in [2.45, 2.75) is 6.92 Å². The van der Waals surface area contributed by atoms with Crippen LogP contribution in [0.5, 0.6) is 11.6 Å². The first-order valence-electron chi connectivity index (χ1n) is 5.88. The highest BCUT2D eigenvalue weighted by Crippen LogP contribution is 2.31. The van der Waals surface area contributed by atoms with E-state index in [0.717, 1.165) is 5.56 Å². The molecule has 1 heterocycles. The lowest BCUT2D eigenvalue weighted by Crippen LogP contribution is -2.13. The zero-order valence-corrected chi connectivity index (χ0v) is 11.1. The van der Waals surface area contributed by atoms with Crippen molar-refractivity contribution in [1.82, 2.24) is 4.98 Å². The number of hydrogen-bond donors (Lipinski definition) is 2. The molecule has 1 aromatic carbocycles. The van der Waals surface area contributed by atoms with E-state index in [-0.39, 0.29) is 23.2 Å². The molecule has 0 fully saturated rings. The highest BCUT2D eigenvalue weighted by atomic mass is 16.6. The van der Waals surface area contributed by atoms with E-state index in [1.807, 2.05) is 0 Å². The molecule has 3 N–H and O–H groups in total. The summed E-state index contributed by atoms with van der Waals surface area (Å²) in [6, 6.07) is 7.62. The molecular weight excluding hydrogens is 276 g/mol. The predicted molar refractivity (Wildman–Crippen MR) is 74.7 cm³/mol. The van der Waals surface area contributed by atoms with Crippen molar-refractivity contribution in [2.75, 3.05) is 0 Å². The molecule has 8 heteroatoms. The van der Waals surface area contributed by atoms with Gasteiger partial charge < -0.3 is 15.7 Å². The molecule has 0 spiro atoms. The quantitative estimate of drug-likeness (QED) is 0.292. The number of nitrogens with zero attached hydrogens (tertiary/aromatic N) is 3. The zero-order chi connectivity index (χ0) is 15.4. The third-order valence-corrected chi connectivity index (χ3v) is 2.67. The van der Waals surface area contributed by atoms with Gasteiger partial charge in [0.2, 0.25) is 11.6 Å². The lowest BCUT2D eigenvalue weighted by molar-refractivity contribution is -0.385. The second-order valence-corrected chi connectivity index (χ2v) is 4.20. The second kappa shape index (κ2) is 5.87. The fraction of sp³-hybridized carbons (Fsp3) is 0.0769. The number of hydrogen-bond acceptors (Lipinski definition) is 6. The first-order valence-corrected chi connectivity index (χ1v) is 5.88. The van der Waals surface area contributed by atoms with Gasteiger partial charge in [0, 0.05) is 23.9 Å². The maximum Gasteiger partial charge on any atom is 0.311 e. The number of nitro groups is 1. The summed E-state index contributed by atoms with van der Waals surface area (Å²) in [5.74, 6) is 0.168. The van der Waals surface area contributed by atoms with E-state index in [0.29, 0.717) is 5.56 Å². The van der Waals surface area contributed by atoms with Crippen LogP contribution >= 0.6 is 0 Å². The van der Waals surface area contributed by atoms with Crippen LogP contribution in [0.15, 0.2) is 41.7 Å². The van der Waals surface area contributed by atoms with E-state index in [1.54, 1.807) is 13.0 Å². The van der Waals surface area contributed by atoms with Crippen molar-refractivity contribution in [3.63, 3.8) is 0 Å². The zero-order valence-electron chi connectivity index (χ0n) is 11.1. The predicted octanol–water partition coefficient (Wildman–Crippen LogP) is 2.19. The van der Waals surface area contributed by atoms with Crippen LogP contribution in [0.4, 0.5) is 5.69 Å². The molecule has 8 nitrogen and oxygen atoms in total. The van der Waals surface area contributed by atoms with Crippen LogP contribution in [-0.2, 0) is 0 Å². The molecule has 0 bridgehead atoms. The van der Waals surface area contributed by atoms with Gasteiger partial charge in [-0.05, 0) is 24.6 Å². The molecule has 0 aliphatic rings. The molecule has 0 aliphatic carbocycles. The Labute approximate surface area is 119 Å². The average Bonchev–Trinajstić information content (AvgIpc) is 2.49. The summed E-state index contributed by atoms with van der Waals surface area (Å²) in [6.07, 6.45) is 1.34. The van der Waals surface area contributed by atoms with E-state index in [2.05, 4.69) is 10.1 Å². The summed E-state index contributed by atoms with van der Waals surface area (Å²) in [4.78, 5) is 14.4.